The van der Waals surface area contributed by atoms with Gasteiger partial charge < -0.3 is 9.64 Å². The van der Waals surface area contributed by atoms with E-state index in [9.17, 15) is 4.79 Å². The molecule has 0 spiro atoms. The number of aromatic nitrogens is 2. The summed E-state index contributed by atoms with van der Waals surface area (Å²) >= 11 is 0. The molecule has 0 atom stereocenters. The molecular weight excluding hydrogens is 326 g/mol. The van der Waals surface area contributed by atoms with E-state index >= 15 is 0 Å². The molecule has 4 rings (SSSR count). The van der Waals surface area contributed by atoms with Crippen LogP contribution in [0.2, 0.25) is 0 Å². The fraction of sp³-hybridized carbons (Fsp3) is 0.429. The molecule has 0 radical (unpaired) electrons. The van der Waals surface area contributed by atoms with E-state index in [2.05, 4.69) is 21.9 Å². The van der Waals surface area contributed by atoms with E-state index in [4.69, 9.17) is 4.74 Å². The van der Waals surface area contributed by atoms with Gasteiger partial charge in [0.05, 0.1) is 24.9 Å². The monoisotopic (exact) mass is 351 g/mol. The van der Waals surface area contributed by atoms with Gasteiger partial charge in [0.2, 0.25) is 0 Å². The minimum absolute atomic E-state index is 0.0703. The van der Waals surface area contributed by atoms with Crippen molar-refractivity contribution in [3.63, 3.8) is 0 Å². The van der Waals surface area contributed by atoms with Crippen LogP contribution >= 0.6 is 0 Å². The Kier molecular flexibility index (Phi) is 4.53. The third-order valence-electron chi connectivity index (χ3n) is 5.59. The van der Waals surface area contributed by atoms with Gasteiger partial charge >= 0.3 is 0 Å². The second-order valence-corrected chi connectivity index (χ2v) is 7.17. The predicted octanol–water partition coefficient (Wildman–Crippen LogP) is 3.85. The summed E-state index contributed by atoms with van der Waals surface area (Å²) in [7, 11) is 1.67. The lowest BCUT2D eigenvalue weighted by atomic mass is 10.1. The van der Waals surface area contributed by atoms with Crippen LogP contribution < -0.4 is 4.74 Å². The second-order valence-electron chi connectivity index (χ2n) is 7.17. The van der Waals surface area contributed by atoms with Gasteiger partial charge in [-0.15, -0.1) is 0 Å². The average Bonchev–Trinajstić information content (AvgIpc) is 3.41. The highest BCUT2D eigenvalue weighted by Crippen LogP contribution is 2.31. The molecule has 1 amide bonds. The summed E-state index contributed by atoms with van der Waals surface area (Å²) in [6.07, 6.45) is 8.73. The molecule has 1 saturated carbocycles. The number of hydrogen-bond donors (Lipinski definition) is 0. The van der Waals surface area contributed by atoms with E-state index in [-0.39, 0.29) is 5.91 Å². The quantitative estimate of drug-likeness (QED) is 0.840. The van der Waals surface area contributed by atoms with Crippen LogP contribution in [0.3, 0.4) is 0 Å². The van der Waals surface area contributed by atoms with Crippen LogP contribution in [0.25, 0.3) is 5.57 Å². The summed E-state index contributed by atoms with van der Waals surface area (Å²) in [5.41, 5.74) is 4.00. The van der Waals surface area contributed by atoms with Crippen molar-refractivity contribution >= 4 is 11.5 Å². The minimum atomic E-state index is 0.0703. The van der Waals surface area contributed by atoms with Crippen molar-refractivity contribution in [3.05, 3.63) is 53.4 Å². The molecule has 1 aliphatic heterocycles. The van der Waals surface area contributed by atoms with Crippen molar-refractivity contribution in [2.45, 2.75) is 38.6 Å². The van der Waals surface area contributed by atoms with E-state index < -0.39 is 0 Å². The topological polar surface area (TPSA) is 47.4 Å². The predicted molar refractivity (Wildman–Crippen MR) is 101 cm³/mol. The fourth-order valence-electron chi connectivity index (χ4n) is 4.06. The highest BCUT2D eigenvalue weighted by Gasteiger charge is 2.27. The first-order chi connectivity index (χ1) is 12.7. The zero-order valence-electron chi connectivity index (χ0n) is 15.4. The molecule has 0 unspecified atom stereocenters. The van der Waals surface area contributed by atoms with Gasteiger partial charge in [-0.2, -0.15) is 5.10 Å². The molecule has 0 bridgehead atoms. The molecule has 0 N–H and O–H groups in total. The summed E-state index contributed by atoms with van der Waals surface area (Å²) in [6, 6.07) is 8.45. The molecule has 2 aliphatic rings. The van der Waals surface area contributed by atoms with Crippen molar-refractivity contribution < 1.29 is 9.53 Å². The number of rotatable bonds is 4. The normalized spacial score (nSPS) is 17.6. The smallest absolute Gasteiger partial charge is 0.257 e. The molecule has 5 heteroatoms. The molecule has 0 saturated heterocycles. The maximum atomic E-state index is 13.0. The van der Waals surface area contributed by atoms with Crippen LogP contribution in [0, 0.1) is 6.92 Å². The van der Waals surface area contributed by atoms with Crippen LogP contribution in [-0.2, 0) is 0 Å². The summed E-state index contributed by atoms with van der Waals surface area (Å²) in [6.45, 7) is 3.28. The van der Waals surface area contributed by atoms with Crippen LogP contribution in [0.4, 0.5) is 0 Å². The maximum Gasteiger partial charge on any atom is 0.257 e. The van der Waals surface area contributed by atoms with Crippen LogP contribution in [0.5, 0.6) is 5.75 Å². The Morgan fingerprint density at radius 3 is 2.85 bits per heavy atom. The lowest BCUT2D eigenvalue weighted by Gasteiger charge is -2.17. The van der Waals surface area contributed by atoms with Crippen LogP contribution in [0.15, 0.2) is 36.5 Å². The van der Waals surface area contributed by atoms with E-state index in [0.717, 1.165) is 28.1 Å². The first kappa shape index (κ1) is 16.9. The largest absolute Gasteiger partial charge is 0.497 e. The number of carbonyl (C=O) groups is 1. The van der Waals surface area contributed by atoms with Gasteiger partial charge in [0, 0.05) is 18.8 Å². The second kappa shape index (κ2) is 6.98. The average molecular weight is 351 g/mol. The molecule has 1 aromatic heterocycles. The third-order valence-corrected chi connectivity index (χ3v) is 5.59. The maximum absolute atomic E-state index is 13.0. The Balaban J connectivity index is 1.48. The molecule has 2 heterocycles. The zero-order valence-corrected chi connectivity index (χ0v) is 15.4. The van der Waals surface area contributed by atoms with E-state index in [0.29, 0.717) is 19.1 Å². The van der Waals surface area contributed by atoms with Gasteiger partial charge in [0.1, 0.15) is 5.75 Å². The molecule has 1 fully saturated rings. The number of carbonyl (C=O) groups excluding carboxylic acids is 1. The molecular formula is C21H25N3O2. The summed E-state index contributed by atoms with van der Waals surface area (Å²) in [4.78, 5) is 14.9. The van der Waals surface area contributed by atoms with Crippen molar-refractivity contribution in [3.8, 4) is 5.75 Å². The van der Waals surface area contributed by atoms with Gasteiger partial charge in [-0.05, 0) is 43.0 Å². The van der Waals surface area contributed by atoms with Crippen molar-refractivity contribution in [2.75, 3.05) is 20.2 Å². The van der Waals surface area contributed by atoms with Gasteiger partial charge in [-0.1, -0.05) is 31.1 Å². The Bertz CT molecular complexity index is 847. The molecule has 5 nitrogen and oxygen atoms in total. The Labute approximate surface area is 154 Å². The highest BCUT2D eigenvalue weighted by atomic mass is 16.5. The summed E-state index contributed by atoms with van der Waals surface area (Å²) in [5, 5.41) is 4.53. The first-order valence-electron chi connectivity index (χ1n) is 9.34. The number of benzene rings is 1. The number of hydrogen-bond acceptors (Lipinski definition) is 3. The number of nitrogens with zero attached hydrogens (tertiary/aromatic N) is 3. The standard InChI is InChI=1S/C21H25N3O2/c1-15-20(13-22-24(15)18-7-3-4-8-18)21(25)23-11-10-17(14-23)16-6-5-9-19(12-16)26-2/h5-6,9-10,12-13,18H,3-4,7-8,11,14H2,1-2H3. The lowest BCUT2D eigenvalue weighted by molar-refractivity contribution is 0.0800. The molecule has 1 aliphatic carbocycles. The van der Waals surface area contributed by atoms with E-state index in [1.807, 2.05) is 30.0 Å². The fourth-order valence-corrected chi connectivity index (χ4v) is 4.06. The molecule has 136 valence electrons. The van der Waals surface area contributed by atoms with Crippen molar-refractivity contribution in [1.82, 2.24) is 14.7 Å². The third kappa shape index (κ3) is 3.02. The summed E-state index contributed by atoms with van der Waals surface area (Å²) in [5.74, 6) is 0.905. The molecule has 2 aromatic rings. The Morgan fingerprint density at radius 2 is 2.08 bits per heavy atom. The number of amides is 1. The van der Waals surface area contributed by atoms with Gasteiger partial charge in [0.15, 0.2) is 0 Å². The Hall–Kier alpha value is -2.56. The highest BCUT2D eigenvalue weighted by molar-refractivity contribution is 5.97. The first-order valence-corrected chi connectivity index (χ1v) is 9.34. The van der Waals surface area contributed by atoms with Crippen LogP contribution in [-0.4, -0.2) is 40.8 Å². The van der Waals surface area contributed by atoms with Crippen molar-refractivity contribution in [2.24, 2.45) is 0 Å². The number of methoxy groups -OCH3 is 1. The lowest BCUT2D eigenvalue weighted by Crippen LogP contribution is -2.29. The van der Waals surface area contributed by atoms with Gasteiger partial charge in [0.25, 0.3) is 5.91 Å². The zero-order chi connectivity index (χ0) is 18.1. The number of ether oxygens (including phenoxy) is 1. The van der Waals surface area contributed by atoms with Crippen molar-refractivity contribution in [1.29, 1.82) is 0 Å². The van der Waals surface area contributed by atoms with Gasteiger partial charge in [-0.3, -0.25) is 9.48 Å². The van der Waals surface area contributed by atoms with Gasteiger partial charge in [-0.25, -0.2) is 0 Å². The summed E-state index contributed by atoms with van der Waals surface area (Å²) < 4.78 is 7.37. The minimum Gasteiger partial charge on any atom is -0.497 e. The van der Waals surface area contributed by atoms with Crippen LogP contribution in [0.1, 0.15) is 53.3 Å². The van der Waals surface area contributed by atoms with E-state index in [1.165, 1.54) is 25.7 Å². The SMILES string of the molecule is COc1cccc(C2=CCN(C(=O)c3cnn(C4CCCC4)c3C)C2)c1. The van der Waals surface area contributed by atoms with E-state index in [1.54, 1.807) is 13.3 Å². The Morgan fingerprint density at radius 1 is 1.27 bits per heavy atom. The molecule has 26 heavy (non-hydrogen) atoms. The molecule has 1 aromatic carbocycles.